The molecule has 8 heteroatoms. The lowest BCUT2D eigenvalue weighted by Gasteiger charge is -2.15. The van der Waals surface area contributed by atoms with Crippen LogP contribution in [-0.4, -0.2) is 28.1 Å². The maximum absolute atomic E-state index is 12.7. The zero-order valence-electron chi connectivity index (χ0n) is 14.0. The van der Waals surface area contributed by atoms with Gasteiger partial charge in [0.15, 0.2) is 0 Å². The Hall–Kier alpha value is -2.25. The first-order valence-electron chi connectivity index (χ1n) is 7.43. The van der Waals surface area contributed by atoms with Crippen molar-refractivity contribution in [3.8, 4) is 5.75 Å². The third-order valence-electron chi connectivity index (χ3n) is 3.49. The Bertz CT molecular complexity index is 896. The van der Waals surface area contributed by atoms with Crippen LogP contribution in [0.2, 0.25) is 5.02 Å². The molecule has 0 aliphatic rings. The van der Waals surface area contributed by atoms with Crippen molar-refractivity contribution in [1.82, 2.24) is 0 Å². The van der Waals surface area contributed by atoms with Crippen LogP contribution in [0.5, 0.6) is 5.75 Å². The van der Waals surface area contributed by atoms with Gasteiger partial charge in [0.1, 0.15) is 10.6 Å². The summed E-state index contributed by atoms with van der Waals surface area (Å²) in [5.74, 6) is -0.350. The van der Waals surface area contributed by atoms with Crippen molar-refractivity contribution in [2.24, 2.45) is 0 Å². The van der Waals surface area contributed by atoms with E-state index < -0.39 is 16.0 Å². The van der Waals surface area contributed by atoms with E-state index in [1.807, 2.05) is 0 Å². The molecule has 6 nitrogen and oxygen atoms in total. The molecular formula is C17H18ClNO5S. The summed E-state index contributed by atoms with van der Waals surface area (Å²) >= 11 is 5.91. The highest BCUT2D eigenvalue weighted by molar-refractivity contribution is 7.92. The molecule has 0 aliphatic carbocycles. The van der Waals surface area contributed by atoms with Crippen molar-refractivity contribution in [1.29, 1.82) is 0 Å². The number of rotatable bonds is 6. The second-order valence-corrected chi connectivity index (χ2v) is 7.19. The molecule has 0 aromatic heterocycles. The molecule has 0 saturated heterocycles. The van der Waals surface area contributed by atoms with E-state index in [1.165, 1.54) is 25.3 Å². The van der Waals surface area contributed by atoms with E-state index in [9.17, 15) is 13.2 Å². The second-order valence-electron chi connectivity index (χ2n) is 5.10. The van der Waals surface area contributed by atoms with Gasteiger partial charge in [-0.05, 0) is 49.7 Å². The molecule has 0 aliphatic heterocycles. The van der Waals surface area contributed by atoms with Crippen LogP contribution in [0.3, 0.4) is 0 Å². The minimum absolute atomic E-state index is 0.0940. The summed E-state index contributed by atoms with van der Waals surface area (Å²) in [7, 11) is -2.60. The molecule has 0 bridgehead atoms. The molecule has 1 N–H and O–H groups in total. The summed E-state index contributed by atoms with van der Waals surface area (Å²) in [6.07, 6.45) is 0. The van der Waals surface area contributed by atoms with Gasteiger partial charge < -0.3 is 9.47 Å². The van der Waals surface area contributed by atoms with Gasteiger partial charge in [0.25, 0.3) is 10.0 Å². The van der Waals surface area contributed by atoms with E-state index in [0.717, 1.165) is 0 Å². The molecule has 0 amide bonds. The van der Waals surface area contributed by atoms with Crippen molar-refractivity contribution in [3.63, 3.8) is 0 Å². The fourth-order valence-corrected chi connectivity index (χ4v) is 3.79. The molecule has 2 aromatic carbocycles. The van der Waals surface area contributed by atoms with Gasteiger partial charge in [0.05, 0.1) is 25.0 Å². The van der Waals surface area contributed by atoms with Crippen LogP contribution in [0.15, 0.2) is 41.3 Å². The standard InChI is InChI=1S/C17H18ClNO5S/c1-4-24-17(20)13-6-5-7-14(11(13)2)19-25(21,22)16-10-12(18)8-9-15(16)23-3/h5-10,19H,4H2,1-3H3. The molecular weight excluding hydrogens is 366 g/mol. The highest BCUT2D eigenvalue weighted by Crippen LogP contribution is 2.30. The van der Waals surface area contributed by atoms with E-state index in [0.29, 0.717) is 11.1 Å². The molecule has 0 saturated carbocycles. The van der Waals surface area contributed by atoms with Gasteiger partial charge >= 0.3 is 5.97 Å². The quantitative estimate of drug-likeness (QED) is 0.770. The SMILES string of the molecule is CCOC(=O)c1cccc(NS(=O)(=O)c2cc(Cl)ccc2OC)c1C. The highest BCUT2D eigenvalue weighted by atomic mass is 35.5. The Morgan fingerprint density at radius 1 is 1.24 bits per heavy atom. The maximum atomic E-state index is 12.7. The molecule has 134 valence electrons. The number of nitrogens with one attached hydrogen (secondary N) is 1. The number of methoxy groups -OCH3 is 1. The molecule has 0 fully saturated rings. The van der Waals surface area contributed by atoms with E-state index in [-0.39, 0.29) is 28.0 Å². The summed E-state index contributed by atoms with van der Waals surface area (Å²) in [5.41, 5.74) is 1.03. The fourth-order valence-electron chi connectivity index (χ4n) is 2.24. The van der Waals surface area contributed by atoms with E-state index >= 15 is 0 Å². The topological polar surface area (TPSA) is 81.7 Å². The monoisotopic (exact) mass is 383 g/mol. The van der Waals surface area contributed by atoms with Gasteiger partial charge in [-0.2, -0.15) is 0 Å². The van der Waals surface area contributed by atoms with Crippen LogP contribution in [-0.2, 0) is 14.8 Å². The van der Waals surface area contributed by atoms with Crippen molar-refractivity contribution >= 4 is 33.3 Å². The first kappa shape index (κ1) is 19.1. The number of carbonyl (C=O) groups excluding carboxylic acids is 1. The molecule has 0 atom stereocenters. The molecule has 0 unspecified atom stereocenters. The Labute approximate surface area is 151 Å². The third-order valence-corrected chi connectivity index (χ3v) is 5.11. The van der Waals surface area contributed by atoms with Gasteiger partial charge in [0, 0.05) is 5.02 Å². The maximum Gasteiger partial charge on any atom is 0.338 e. The normalized spacial score (nSPS) is 11.0. The molecule has 0 spiro atoms. The zero-order valence-corrected chi connectivity index (χ0v) is 15.6. The van der Waals surface area contributed by atoms with E-state index in [1.54, 1.807) is 32.0 Å². The smallest absolute Gasteiger partial charge is 0.338 e. The minimum atomic E-state index is -3.97. The van der Waals surface area contributed by atoms with Crippen LogP contribution in [0.1, 0.15) is 22.8 Å². The number of halogens is 1. The summed E-state index contributed by atoms with van der Waals surface area (Å²) < 4.78 is 38.0. The van der Waals surface area contributed by atoms with Gasteiger partial charge in [0.2, 0.25) is 0 Å². The largest absolute Gasteiger partial charge is 0.495 e. The number of hydrogen-bond donors (Lipinski definition) is 1. The lowest BCUT2D eigenvalue weighted by Crippen LogP contribution is -2.16. The van der Waals surface area contributed by atoms with Gasteiger partial charge in [-0.15, -0.1) is 0 Å². The van der Waals surface area contributed by atoms with Crippen molar-refractivity contribution < 1.29 is 22.7 Å². The van der Waals surface area contributed by atoms with Crippen LogP contribution in [0, 0.1) is 6.92 Å². The third kappa shape index (κ3) is 4.24. The van der Waals surface area contributed by atoms with Gasteiger partial charge in [-0.1, -0.05) is 17.7 Å². The molecule has 2 rings (SSSR count). The van der Waals surface area contributed by atoms with Crippen molar-refractivity contribution in [2.75, 3.05) is 18.4 Å². The van der Waals surface area contributed by atoms with Crippen molar-refractivity contribution in [3.05, 3.63) is 52.5 Å². The summed E-state index contributed by atoms with van der Waals surface area (Å²) in [4.78, 5) is 11.9. The van der Waals surface area contributed by atoms with Gasteiger partial charge in [-0.3, -0.25) is 4.72 Å². The molecule has 0 heterocycles. The number of sulfonamides is 1. The lowest BCUT2D eigenvalue weighted by molar-refractivity contribution is 0.0525. The summed E-state index contributed by atoms with van der Waals surface area (Å²) in [6, 6.07) is 9.02. The first-order valence-corrected chi connectivity index (χ1v) is 9.29. The van der Waals surface area contributed by atoms with E-state index in [4.69, 9.17) is 21.1 Å². The Morgan fingerprint density at radius 2 is 1.96 bits per heavy atom. The first-order chi connectivity index (χ1) is 11.8. The Kier molecular flexibility index (Phi) is 5.92. The number of anilines is 1. The van der Waals surface area contributed by atoms with E-state index in [2.05, 4.69) is 4.72 Å². The summed E-state index contributed by atoms with van der Waals surface area (Å²) in [6.45, 7) is 3.57. The number of hydrogen-bond acceptors (Lipinski definition) is 5. The van der Waals surface area contributed by atoms with Crippen LogP contribution in [0.4, 0.5) is 5.69 Å². The highest BCUT2D eigenvalue weighted by Gasteiger charge is 2.22. The average Bonchev–Trinajstić information content (AvgIpc) is 2.56. The number of ether oxygens (including phenoxy) is 2. The predicted molar refractivity (Wildman–Crippen MR) is 95.9 cm³/mol. The fraction of sp³-hybridized carbons (Fsp3) is 0.235. The Morgan fingerprint density at radius 3 is 2.60 bits per heavy atom. The van der Waals surface area contributed by atoms with Crippen molar-refractivity contribution in [2.45, 2.75) is 18.7 Å². The molecule has 25 heavy (non-hydrogen) atoms. The summed E-state index contributed by atoms with van der Waals surface area (Å²) in [5, 5.41) is 0.262. The van der Waals surface area contributed by atoms with Crippen LogP contribution in [0.25, 0.3) is 0 Å². The Balaban J connectivity index is 2.44. The molecule has 2 aromatic rings. The predicted octanol–water partition coefficient (Wildman–Crippen LogP) is 3.63. The second kappa shape index (κ2) is 7.76. The average molecular weight is 384 g/mol. The number of benzene rings is 2. The number of carbonyl (C=O) groups is 1. The number of esters is 1. The van der Waals surface area contributed by atoms with Crippen LogP contribution >= 0.6 is 11.6 Å². The van der Waals surface area contributed by atoms with Crippen LogP contribution < -0.4 is 9.46 Å². The lowest BCUT2D eigenvalue weighted by atomic mass is 10.1. The zero-order chi connectivity index (χ0) is 18.6. The minimum Gasteiger partial charge on any atom is -0.495 e. The molecule has 0 radical (unpaired) electrons. The van der Waals surface area contributed by atoms with Gasteiger partial charge in [-0.25, -0.2) is 13.2 Å².